The van der Waals surface area contributed by atoms with Gasteiger partial charge in [-0.15, -0.1) is 0 Å². The molecular formula is C69H49N. The van der Waals surface area contributed by atoms with Crippen molar-refractivity contribution in [2.24, 2.45) is 0 Å². The van der Waals surface area contributed by atoms with Crippen molar-refractivity contribution in [3.8, 4) is 55.6 Å². The normalized spacial score (nSPS) is 12.2. The number of hydrogen-bond donors (Lipinski definition) is 0. The fourth-order valence-corrected chi connectivity index (χ4v) is 11.2. The summed E-state index contributed by atoms with van der Waals surface area (Å²) in [5.41, 5.74) is 21.6. The molecule has 1 aliphatic carbocycles. The van der Waals surface area contributed by atoms with Crippen molar-refractivity contribution in [2.45, 2.75) is 5.41 Å². The van der Waals surface area contributed by atoms with Gasteiger partial charge in [0.25, 0.3) is 0 Å². The number of hydrogen-bond acceptors (Lipinski definition) is 1. The highest BCUT2D eigenvalue weighted by Crippen LogP contribution is 2.59. The average Bonchev–Trinajstić information content (AvgIpc) is 3.74. The first-order valence-corrected chi connectivity index (χ1v) is 24.1. The summed E-state index contributed by atoms with van der Waals surface area (Å²) in [4.78, 5) is 2.42. The van der Waals surface area contributed by atoms with Crippen LogP contribution in [0.5, 0.6) is 0 Å². The van der Waals surface area contributed by atoms with Gasteiger partial charge < -0.3 is 4.90 Å². The third-order valence-electron chi connectivity index (χ3n) is 14.3. The maximum absolute atomic E-state index is 4.26. The van der Waals surface area contributed by atoms with E-state index >= 15 is 0 Å². The van der Waals surface area contributed by atoms with E-state index in [0.29, 0.717) is 0 Å². The van der Waals surface area contributed by atoms with E-state index in [4.69, 9.17) is 0 Å². The molecule has 0 heterocycles. The van der Waals surface area contributed by atoms with Gasteiger partial charge in [-0.3, -0.25) is 0 Å². The Hall–Kier alpha value is -9.04. The summed E-state index contributed by atoms with van der Waals surface area (Å²) in [5.74, 6) is 0. The fourth-order valence-electron chi connectivity index (χ4n) is 11.2. The van der Waals surface area contributed by atoms with Gasteiger partial charge in [-0.05, 0) is 136 Å². The zero-order chi connectivity index (χ0) is 47.0. The van der Waals surface area contributed by atoms with E-state index in [1.165, 1.54) is 66.4 Å². The summed E-state index contributed by atoms with van der Waals surface area (Å²) >= 11 is 0. The molecule has 12 rings (SSSR count). The zero-order valence-corrected chi connectivity index (χ0v) is 38.8. The third kappa shape index (κ3) is 7.02. The lowest BCUT2D eigenvalue weighted by Gasteiger charge is -2.35. The molecule has 330 valence electrons. The molecule has 0 unspecified atom stereocenters. The van der Waals surface area contributed by atoms with Crippen molar-refractivity contribution in [2.75, 3.05) is 4.90 Å². The van der Waals surface area contributed by atoms with Crippen LogP contribution < -0.4 is 4.90 Å². The Labute approximate surface area is 411 Å². The minimum absolute atomic E-state index is 0.601. The van der Waals surface area contributed by atoms with Crippen LogP contribution in [0, 0.1) is 0 Å². The van der Waals surface area contributed by atoms with E-state index in [1.54, 1.807) is 0 Å². The molecule has 11 aromatic rings. The van der Waals surface area contributed by atoms with Crippen molar-refractivity contribution in [1.29, 1.82) is 0 Å². The highest BCUT2D eigenvalue weighted by molar-refractivity contribution is 5.99. The van der Waals surface area contributed by atoms with Gasteiger partial charge in [0.05, 0.1) is 5.41 Å². The van der Waals surface area contributed by atoms with Gasteiger partial charge in [0, 0.05) is 17.1 Å². The van der Waals surface area contributed by atoms with Gasteiger partial charge in [-0.2, -0.15) is 0 Å². The Bertz CT molecular complexity index is 3660. The van der Waals surface area contributed by atoms with E-state index in [0.717, 1.165) is 50.4 Å². The van der Waals surface area contributed by atoms with Crippen LogP contribution >= 0.6 is 0 Å². The molecule has 0 radical (unpaired) electrons. The SMILES string of the molecule is C=Cc1ccc(-c2ccc(N(c3ccc(-c4cccc5ccccc45)cc3)c3ccc4c(c3)C(c3ccccc3)(c3ccccc3)c3cccc(-c5ccccc5)c3-4)cc2)c(-c2ccccc2)c1C=C. The quantitative estimate of drug-likeness (QED) is 0.125. The predicted molar refractivity (Wildman–Crippen MR) is 298 cm³/mol. The highest BCUT2D eigenvalue weighted by Gasteiger charge is 2.47. The molecule has 0 amide bonds. The molecule has 11 aromatic carbocycles. The van der Waals surface area contributed by atoms with Crippen LogP contribution in [0.4, 0.5) is 17.1 Å². The predicted octanol–water partition coefficient (Wildman–Crippen LogP) is 18.6. The van der Waals surface area contributed by atoms with Gasteiger partial charge in [0.2, 0.25) is 0 Å². The molecule has 0 N–H and O–H groups in total. The first-order valence-electron chi connectivity index (χ1n) is 24.1. The zero-order valence-electron chi connectivity index (χ0n) is 38.8. The molecule has 0 fully saturated rings. The first kappa shape index (κ1) is 42.3. The van der Waals surface area contributed by atoms with Gasteiger partial charge >= 0.3 is 0 Å². The number of nitrogens with zero attached hydrogens (tertiary/aromatic N) is 1. The van der Waals surface area contributed by atoms with E-state index in [1.807, 2.05) is 12.2 Å². The van der Waals surface area contributed by atoms with Crippen LogP contribution in [0.2, 0.25) is 0 Å². The van der Waals surface area contributed by atoms with Crippen molar-refractivity contribution < 1.29 is 0 Å². The fraction of sp³-hybridized carbons (Fsp3) is 0.0145. The second kappa shape index (κ2) is 17.9. The summed E-state index contributed by atoms with van der Waals surface area (Å²) in [6, 6.07) is 95.5. The van der Waals surface area contributed by atoms with Crippen LogP contribution in [0.1, 0.15) is 33.4 Å². The van der Waals surface area contributed by atoms with Crippen LogP contribution in [0.3, 0.4) is 0 Å². The monoisotopic (exact) mass is 891 g/mol. The highest BCUT2D eigenvalue weighted by atomic mass is 15.1. The standard InChI is InChI=1S/C69H49N/c1-3-48-39-45-63(67(59(48)4-2)53-24-11-6-12-25-53)52-37-42-57(43-38-52)70(56-40-35-51(36-41-56)61-32-19-26-49-23-17-18-31-60(49)61)58-44-46-64-66(47-58)69(54-27-13-7-14-28-54,55-29-15-8-16-30-55)65-34-20-33-62(68(64)65)50-21-9-5-10-22-50/h3-47H,1-2H2. The molecule has 0 aromatic heterocycles. The molecule has 0 bridgehead atoms. The molecule has 0 saturated carbocycles. The number of benzene rings is 11. The van der Waals surface area contributed by atoms with Crippen LogP contribution in [-0.4, -0.2) is 0 Å². The summed E-state index contributed by atoms with van der Waals surface area (Å²) in [6.07, 6.45) is 3.88. The number of anilines is 3. The second-order valence-electron chi connectivity index (χ2n) is 18.0. The molecule has 1 aliphatic rings. The molecule has 0 atom stereocenters. The summed E-state index contributed by atoms with van der Waals surface area (Å²) in [7, 11) is 0. The lowest BCUT2D eigenvalue weighted by atomic mass is 9.67. The molecular weight excluding hydrogens is 843 g/mol. The Morgan fingerprint density at radius 3 is 1.44 bits per heavy atom. The molecule has 0 spiro atoms. The third-order valence-corrected chi connectivity index (χ3v) is 14.3. The number of fused-ring (bicyclic) bond motifs is 4. The number of rotatable bonds is 11. The van der Waals surface area contributed by atoms with Gasteiger partial charge in [-0.25, -0.2) is 0 Å². The van der Waals surface area contributed by atoms with Crippen molar-refractivity contribution >= 4 is 40.0 Å². The summed E-state index contributed by atoms with van der Waals surface area (Å²) in [6.45, 7) is 8.40. The van der Waals surface area contributed by atoms with Crippen LogP contribution in [0.15, 0.2) is 274 Å². The van der Waals surface area contributed by atoms with E-state index in [-0.39, 0.29) is 0 Å². The molecule has 1 nitrogen and oxygen atoms in total. The summed E-state index contributed by atoms with van der Waals surface area (Å²) in [5, 5.41) is 2.47. The minimum Gasteiger partial charge on any atom is -0.310 e. The summed E-state index contributed by atoms with van der Waals surface area (Å²) < 4.78 is 0. The van der Waals surface area contributed by atoms with Crippen molar-refractivity contribution in [1.82, 2.24) is 0 Å². The average molecular weight is 892 g/mol. The Morgan fingerprint density at radius 1 is 0.329 bits per heavy atom. The van der Waals surface area contributed by atoms with E-state index in [9.17, 15) is 0 Å². The lowest BCUT2D eigenvalue weighted by Crippen LogP contribution is -2.28. The molecule has 1 heteroatoms. The molecule has 70 heavy (non-hydrogen) atoms. The topological polar surface area (TPSA) is 3.24 Å². The van der Waals surface area contributed by atoms with E-state index < -0.39 is 5.41 Å². The lowest BCUT2D eigenvalue weighted by molar-refractivity contribution is 0.768. The first-order chi connectivity index (χ1) is 34.6. The maximum Gasteiger partial charge on any atom is 0.0714 e. The van der Waals surface area contributed by atoms with Crippen molar-refractivity contribution in [3.05, 3.63) is 307 Å². The molecule has 0 saturated heterocycles. The van der Waals surface area contributed by atoms with Gasteiger partial charge in [0.1, 0.15) is 0 Å². The molecule has 0 aliphatic heterocycles. The largest absolute Gasteiger partial charge is 0.310 e. The minimum atomic E-state index is -0.601. The van der Waals surface area contributed by atoms with Crippen molar-refractivity contribution in [3.63, 3.8) is 0 Å². The Morgan fingerprint density at radius 2 is 0.814 bits per heavy atom. The van der Waals surface area contributed by atoms with Gasteiger partial charge in [0.15, 0.2) is 0 Å². The van der Waals surface area contributed by atoms with E-state index in [2.05, 4.69) is 279 Å². The van der Waals surface area contributed by atoms with Crippen LogP contribution in [-0.2, 0) is 5.41 Å². The smallest absolute Gasteiger partial charge is 0.0714 e. The Kier molecular flexibility index (Phi) is 10.8. The Balaban J connectivity index is 1.08. The maximum atomic E-state index is 4.26. The van der Waals surface area contributed by atoms with Gasteiger partial charge in [-0.1, -0.05) is 250 Å². The van der Waals surface area contributed by atoms with Crippen LogP contribution in [0.25, 0.3) is 78.6 Å². The second-order valence-corrected chi connectivity index (χ2v) is 18.0.